The van der Waals surface area contributed by atoms with Gasteiger partial charge in [0.1, 0.15) is 5.82 Å². The number of aromatic amines is 1. The monoisotopic (exact) mass is 527 g/mol. The Bertz CT molecular complexity index is 1260. The molecular weight excluding hydrogens is 492 g/mol. The summed E-state index contributed by atoms with van der Waals surface area (Å²) in [6, 6.07) is 5.56. The van der Waals surface area contributed by atoms with Crippen LogP contribution in [0.25, 0.3) is 17.0 Å². The van der Waals surface area contributed by atoms with E-state index in [9.17, 15) is 8.78 Å². The molecule has 2 saturated heterocycles. The zero-order valence-electron chi connectivity index (χ0n) is 22.0. The van der Waals surface area contributed by atoms with E-state index in [1.165, 1.54) is 12.8 Å². The van der Waals surface area contributed by atoms with Crippen molar-refractivity contribution in [3.8, 4) is 11.5 Å². The number of ether oxygens (including phenoxy) is 2. The van der Waals surface area contributed by atoms with Crippen molar-refractivity contribution >= 4 is 34.6 Å². The van der Waals surface area contributed by atoms with Crippen LogP contribution in [0.15, 0.2) is 24.3 Å². The van der Waals surface area contributed by atoms with Crippen molar-refractivity contribution < 1.29 is 18.3 Å². The van der Waals surface area contributed by atoms with Crippen LogP contribution in [0.3, 0.4) is 0 Å². The lowest BCUT2D eigenvalue weighted by Crippen LogP contribution is -2.40. The van der Waals surface area contributed by atoms with Crippen molar-refractivity contribution in [3.63, 3.8) is 0 Å². The number of fused-ring (bicyclic) bond motifs is 1. The quantitative estimate of drug-likeness (QED) is 0.346. The zero-order valence-corrected chi connectivity index (χ0v) is 22.0. The molecule has 0 spiro atoms. The number of nitrogens with zero attached hydrogens (tertiary/aromatic N) is 5. The molecule has 3 aromatic rings. The van der Waals surface area contributed by atoms with Gasteiger partial charge in [-0.3, -0.25) is 5.10 Å². The Morgan fingerprint density at radius 2 is 1.87 bits per heavy atom. The molecule has 1 aromatic carbocycles. The topological polar surface area (TPSA) is 91.4 Å². The number of methoxy groups -OCH3 is 1. The molecule has 4 heterocycles. The number of likely N-dealkylation sites (tertiary alicyclic amines) is 1. The molecule has 2 aliphatic rings. The van der Waals surface area contributed by atoms with Crippen LogP contribution in [-0.2, 0) is 0 Å². The predicted octanol–water partition coefficient (Wildman–Crippen LogP) is 5.24. The number of benzene rings is 1. The Morgan fingerprint density at radius 3 is 2.61 bits per heavy atom. The number of anilines is 3. The summed E-state index contributed by atoms with van der Waals surface area (Å²) < 4.78 is 39.4. The van der Waals surface area contributed by atoms with Gasteiger partial charge < -0.3 is 24.6 Å². The van der Waals surface area contributed by atoms with E-state index in [2.05, 4.69) is 20.4 Å². The third kappa shape index (κ3) is 6.15. The van der Waals surface area contributed by atoms with Crippen LogP contribution >= 0.6 is 0 Å². The number of halogens is 2. The van der Waals surface area contributed by atoms with Gasteiger partial charge in [-0.1, -0.05) is 6.08 Å². The molecule has 204 valence electrons. The number of hydrogen-bond acceptors (Lipinski definition) is 8. The number of H-pyrrole nitrogens is 1. The van der Waals surface area contributed by atoms with Gasteiger partial charge >= 0.3 is 0 Å². The van der Waals surface area contributed by atoms with Gasteiger partial charge in [0.15, 0.2) is 17.3 Å². The van der Waals surface area contributed by atoms with Crippen molar-refractivity contribution in [2.24, 2.45) is 0 Å². The van der Waals surface area contributed by atoms with Crippen LogP contribution in [0.4, 0.5) is 26.4 Å². The number of nitrogens with one attached hydrogen (secondary N) is 2. The van der Waals surface area contributed by atoms with Crippen LogP contribution in [0.2, 0.25) is 0 Å². The molecule has 0 saturated carbocycles. The van der Waals surface area contributed by atoms with Gasteiger partial charge in [0.2, 0.25) is 5.95 Å². The van der Waals surface area contributed by atoms with E-state index in [1.807, 2.05) is 37.3 Å². The third-order valence-electron chi connectivity index (χ3n) is 7.01. The number of piperidine rings is 1. The summed E-state index contributed by atoms with van der Waals surface area (Å²) in [4.78, 5) is 13.8. The van der Waals surface area contributed by atoms with E-state index >= 15 is 0 Å². The van der Waals surface area contributed by atoms with Gasteiger partial charge in [-0.2, -0.15) is 10.1 Å². The fraction of sp³-hybridized carbons (Fsp3) is 0.519. The zero-order chi connectivity index (χ0) is 26.5. The number of aromatic nitrogens is 4. The Balaban J connectivity index is 1.44. The molecule has 2 aliphatic heterocycles. The minimum atomic E-state index is -2.66. The highest BCUT2D eigenvalue weighted by atomic mass is 19.3. The van der Waals surface area contributed by atoms with E-state index in [4.69, 9.17) is 19.4 Å². The predicted molar refractivity (Wildman–Crippen MR) is 145 cm³/mol. The van der Waals surface area contributed by atoms with Crippen LogP contribution in [-0.4, -0.2) is 77.4 Å². The highest BCUT2D eigenvalue weighted by molar-refractivity contribution is 5.94. The first-order chi connectivity index (χ1) is 18.4. The Morgan fingerprint density at radius 1 is 1.08 bits per heavy atom. The number of hydrogen-bond donors (Lipinski definition) is 2. The number of alkyl halides is 2. The summed E-state index contributed by atoms with van der Waals surface area (Å²) in [5.41, 5.74) is 1.48. The van der Waals surface area contributed by atoms with Gasteiger partial charge in [-0.05, 0) is 51.4 Å². The standard InChI is InChI=1S/C27H35F2N7O2/c1-3-7-19-16-24(34-33-19)31-25-20-17-22(37-2)23(38-15-6-12-35-10-4-5-11-35)18-21(20)30-26(32-25)36-13-8-27(28,29)9-14-36/h3,7,16-18H,4-6,8-15H2,1-2H3,(H2,30,31,32,33,34). The second kappa shape index (κ2) is 11.5. The smallest absolute Gasteiger partial charge is 0.251 e. The second-order valence-electron chi connectivity index (χ2n) is 9.82. The maximum absolute atomic E-state index is 13.8. The Kier molecular flexibility index (Phi) is 7.92. The van der Waals surface area contributed by atoms with Gasteiger partial charge in [-0.15, -0.1) is 0 Å². The average Bonchev–Trinajstić information content (AvgIpc) is 3.58. The fourth-order valence-electron chi connectivity index (χ4n) is 4.93. The molecule has 0 atom stereocenters. The van der Waals surface area contributed by atoms with E-state index in [0.29, 0.717) is 46.6 Å². The average molecular weight is 528 g/mol. The molecule has 2 aromatic heterocycles. The summed E-state index contributed by atoms with van der Waals surface area (Å²) >= 11 is 0. The molecule has 38 heavy (non-hydrogen) atoms. The lowest BCUT2D eigenvalue weighted by Gasteiger charge is -2.32. The molecule has 0 radical (unpaired) electrons. The molecule has 2 N–H and O–H groups in total. The maximum Gasteiger partial charge on any atom is 0.251 e. The molecular formula is C27H35F2N7O2. The first-order valence-electron chi connectivity index (χ1n) is 13.3. The largest absolute Gasteiger partial charge is 0.493 e. The molecule has 5 rings (SSSR count). The minimum Gasteiger partial charge on any atom is -0.493 e. The number of rotatable bonds is 10. The van der Waals surface area contributed by atoms with Crippen molar-refractivity contribution in [1.29, 1.82) is 0 Å². The number of allylic oxidation sites excluding steroid dienone is 1. The Labute approximate surface area is 221 Å². The highest BCUT2D eigenvalue weighted by Gasteiger charge is 2.35. The van der Waals surface area contributed by atoms with Gasteiger partial charge in [0, 0.05) is 50.0 Å². The summed E-state index contributed by atoms with van der Waals surface area (Å²) in [5, 5.41) is 11.3. The van der Waals surface area contributed by atoms with E-state index in [1.54, 1.807) is 12.0 Å². The van der Waals surface area contributed by atoms with Crippen molar-refractivity contribution in [1.82, 2.24) is 25.1 Å². The fourth-order valence-corrected chi connectivity index (χ4v) is 4.93. The van der Waals surface area contributed by atoms with E-state index in [0.717, 1.165) is 31.7 Å². The van der Waals surface area contributed by atoms with Crippen molar-refractivity contribution in [3.05, 3.63) is 30.0 Å². The van der Waals surface area contributed by atoms with Gasteiger partial charge in [-0.25, -0.2) is 13.8 Å². The van der Waals surface area contributed by atoms with E-state index < -0.39 is 5.92 Å². The lowest BCUT2D eigenvalue weighted by atomic mass is 10.1. The molecule has 0 aliphatic carbocycles. The normalized spacial score (nSPS) is 17.9. The molecule has 11 heteroatoms. The summed E-state index contributed by atoms with van der Waals surface area (Å²) in [6.07, 6.45) is 6.82. The van der Waals surface area contributed by atoms with Crippen LogP contribution in [0, 0.1) is 0 Å². The first kappa shape index (κ1) is 26.1. The first-order valence-corrected chi connectivity index (χ1v) is 13.3. The summed E-state index contributed by atoms with van der Waals surface area (Å²) in [7, 11) is 1.60. The Hall–Kier alpha value is -3.47. The highest BCUT2D eigenvalue weighted by Crippen LogP contribution is 2.37. The van der Waals surface area contributed by atoms with Gasteiger partial charge in [0.05, 0.1) is 24.9 Å². The lowest BCUT2D eigenvalue weighted by molar-refractivity contribution is -0.0222. The summed E-state index contributed by atoms with van der Waals surface area (Å²) in [6.45, 7) is 6.17. The van der Waals surface area contributed by atoms with Crippen molar-refractivity contribution in [2.45, 2.75) is 45.0 Å². The SMILES string of the molecule is CC=Cc1cc(Nc2nc(N3CCC(F)(F)CC3)nc3cc(OCCCN4CCCC4)c(OC)cc23)n[nH]1. The van der Waals surface area contributed by atoms with Gasteiger partial charge in [0.25, 0.3) is 5.92 Å². The second-order valence-corrected chi connectivity index (χ2v) is 9.82. The van der Waals surface area contributed by atoms with Crippen LogP contribution in [0.5, 0.6) is 11.5 Å². The van der Waals surface area contributed by atoms with Crippen molar-refractivity contribution in [2.75, 3.05) is 56.7 Å². The molecule has 0 amide bonds. The molecule has 0 bridgehead atoms. The maximum atomic E-state index is 13.8. The van der Waals surface area contributed by atoms with Crippen LogP contribution < -0.4 is 19.7 Å². The summed E-state index contributed by atoms with van der Waals surface area (Å²) in [5.74, 6) is 0.000496. The molecule has 9 nitrogen and oxygen atoms in total. The van der Waals surface area contributed by atoms with Crippen LogP contribution in [0.1, 0.15) is 44.7 Å². The third-order valence-corrected chi connectivity index (χ3v) is 7.01. The minimum absolute atomic E-state index is 0.182. The molecule has 0 unspecified atom stereocenters. The van der Waals surface area contributed by atoms with E-state index in [-0.39, 0.29) is 25.9 Å². The molecule has 2 fully saturated rings.